The van der Waals surface area contributed by atoms with E-state index in [1.54, 1.807) is 6.07 Å². The quantitative estimate of drug-likeness (QED) is 0.521. The second-order valence-electron chi connectivity index (χ2n) is 3.54. The average molecular weight is 325 g/mol. The van der Waals surface area contributed by atoms with E-state index in [4.69, 9.17) is 0 Å². The Morgan fingerprint density at radius 3 is 2.79 bits per heavy atom. The number of nitrogens with one attached hydrogen (secondary N) is 1. The number of amides is 1. The Hall–Kier alpha value is -1.99. The summed E-state index contributed by atoms with van der Waals surface area (Å²) in [5.74, 6) is -0.848. The Kier molecular flexibility index (Phi) is 4.08. The number of hydroxylamine groups is 1. The molecule has 1 heterocycles. The van der Waals surface area contributed by atoms with Gasteiger partial charge in [-0.15, -0.1) is 0 Å². The largest absolute Gasteiger partial charge is 0.439 e. The van der Waals surface area contributed by atoms with Crippen molar-refractivity contribution in [2.45, 2.75) is 0 Å². The zero-order valence-electron chi connectivity index (χ0n) is 9.84. The first-order valence-corrected chi connectivity index (χ1v) is 6.00. The normalized spacial score (nSPS) is 10.2. The van der Waals surface area contributed by atoms with Crippen LogP contribution in [0, 0.1) is 0 Å². The summed E-state index contributed by atoms with van der Waals surface area (Å²) in [6, 6.07) is 7.08. The Balaban J connectivity index is 2.23. The smallest absolute Gasteiger partial charge is 0.370 e. The lowest BCUT2D eigenvalue weighted by Crippen LogP contribution is -2.26. The molecule has 1 aromatic heterocycles. The van der Waals surface area contributed by atoms with Crippen LogP contribution >= 0.6 is 15.9 Å². The predicted molar refractivity (Wildman–Crippen MR) is 70.4 cm³/mol. The third kappa shape index (κ3) is 3.27. The predicted octanol–water partition coefficient (Wildman–Crippen LogP) is 2.43. The molecule has 19 heavy (non-hydrogen) atoms. The monoisotopic (exact) mass is 324 g/mol. The van der Waals surface area contributed by atoms with E-state index in [2.05, 4.69) is 30.5 Å². The maximum Gasteiger partial charge on any atom is 0.439 e. The van der Waals surface area contributed by atoms with Gasteiger partial charge >= 0.3 is 12.1 Å². The van der Waals surface area contributed by atoms with Crippen LogP contribution in [-0.2, 0) is 9.57 Å². The van der Waals surface area contributed by atoms with Gasteiger partial charge in [0.1, 0.15) is 5.69 Å². The fraction of sp³-hybridized carbons (Fsp3) is 0.0833. The van der Waals surface area contributed by atoms with Crippen molar-refractivity contribution >= 4 is 38.8 Å². The number of nitrogens with zero attached hydrogens (tertiary/aromatic N) is 1. The highest BCUT2D eigenvalue weighted by atomic mass is 79.9. The number of carbonyl (C=O) groups is 2. The Bertz CT molecular complexity index is 645. The molecule has 98 valence electrons. The lowest BCUT2D eigenvalue weighted by molar-refractivity contribution is 0.0424. The van der Waals surface area contributed by atoms with Gasteiger partial charge in [0.2, 0.25) is 0 Å². The van der Waals surface area contributed by atoms with Crippen molar-refractivity contribution in [3.05, 3.63) is 40.6 Å². The van der Waals surface area contributed by atoms with Crippen molar-refractivity contribution in [1.82, 2.24) is 10.5 Å². The zero-order valence-corrected chi connectivity index (χ0v) is 11.4. The molecule has 0 aliphatic rings. The molecule has 0 saturated carbocycles. The van der Waals surface area contributed by atoms with Gasteiger partial charge in [0.25, 0.3) is 0 Å². The highest BCUT2D eigenvalue weighted by molar-refractivity contribution is 9.10. The molecular weight excluding hydrogens is 316 g/mol. The fourth-order valence-corrected chi connectivity index (χ4v) is 1.84. The van der Waals surface area contributed by atoms with Crippen LogP contribution in [-0.4, -0.2) is 24.2 Å². The summed E-state index contributed by atoms with van der Waals surface area (Å²) in [5, 5.41) is 1.68. The lowest BCUT2D eigenvalue weighted by Gasteiger charge is -2.04. The fourth-order valence-electron chi connectivity index (χ4n) is 1.46. The number of rotatable bonds is 2. The number of pyridine rings is 1. The summed E-state index contributed by atoms with van der Waals surface area (Å²) in [6.45, 7) is 0. The van der Waals surface area contributed by atoms with E-state index in [1.807, 2.05) is 23.7 Å². The van der Waals surface area contributed by atoms with Gasteiger partial charge in [-0.3, -0.25) is 4.84 Å². The molecular formula is C12H9BrN2O4. The van der Waals surface area contributed by atoms with Crippen LogP contribution in [0.3, 0.4) is 0 Å². The molecule has 0 saturated heterocycles. The minimum atomic E-state index is -0.995. The summed E-state index contributed by atoms with van der Waals surface area (Å²) in [5.41, 5.74) is 1.92. The van der Waals surface area contributed by atoms with E-state index < -0.39 is 12.1 Å². The number of fused-ring (bicyclic) bond motifs is 1. The molecule has 0 radical (unpaired) electrons. The van der Waals surface area contributed by atoms with Crippen LogP contribution in [0.1, 0.15) is 10.5 Å². The third-order valence-corrected chi connectivity index (χ3v) is 2.76. The molecule has 0 bridgehead atoms. The number of halogens is 1. The van der Waals surface area contributed by atoms with Gasteiger partial charge in [-0.05, 0) is 23.6 Å². The number of hydrogen-bond donors (Lipinski definition) is 1. The van der Waals surface area contributed by atoms with Crippen molar-refractivity contribution in [3.8, 4) is 0 Å². The zero-order chi connectivity index (χ0) is 13.8. The van der Waals surface area contributed by atoms with Gasteiger partial charge in [-0.25, -0.2) is 14.6 Å². The molecule has 6 nitrogen and oxygen atoms in total. The third-order valence-electron chi connectivity index (χ3n) is 2.26. The summed E-state index contributed by atoms with van der Waals surface area (Å²) in [6.07, 6.45) is 0.537. The molecule has 0 aliphatic carbocycles. The van der Waals surface area contributed by atoms with E-state index in [0.29, 0.717) is 0 Å². The molecule has 7 heteroatoms. The first-order valence-electron chi connectivity index (χ1n) is 5.20. The van der Waals surface area contributed by atoms with E-state index in [0.717, 1.165) is 15.2 Å². The second-order valence-corrected chi connectivity index (χ2v) is 4.46. The minimum Gasteiger partial charge on any atom is -0.370 e. The summed E-state index contributed by atoms with van der Waals surface area (Å²) in [4.78, 5) is 30.9. The number of esters is 1. The highest BCUT2D eigenvalue weighted by Gasteiger charge is 2.14. The van der Waals surface area contributed by atoms with Crippen molar-refractivity contribution in [1.29, 1.82) is 0 Å². The number of ether oxygens (including phenoxy) is 1. The molecule has 1 N–H and O–H groups in total. The maximum atomic E-state index is 11.6. The SMILES string of the molecule is CONC(=O)OC(=O)c1cc2ccc(Br)cc2cn1. The lowest BCUT2D eigenvalue weighted by atomic mass is 10.1. The van der Waals surface area contributed by atoms with Gasteiger partial charge < -0.3 is 4.74 Å². The Labute approximate surface area is 116 Å². The molecule has 0 aliphatic heterocycles. The highest BCUT2D eigenvalue weighted by Crippen LogP contribution is 2.19. The average Bonchev–Trinajstić information content (AvgIpc) is 2.38. The number of carbonyl (C=O) groups excluding carboxylic acids is 2. The van der Waals surface area contributed by atoms with Crippen molar-refractivity contribution in [2.24, 2.45) is 0 Å². The van der Waals surface area contributed by atoms with E-state index in [9.17, 15) is 9.59 Å². The van der Waals surface area contributed by atoms with E-state index in [1.165, 1.54) is 13.3 Å². The second kappa shape index (κ2) is 5.77. The van der Waals surface area contributed by atoms with Gasteiger partial charge in [0, 0.05) is 16.1 Å². The summed E-state index contributed by atoms with van der Waals surface area (Å²) >= 11 is 3.34. The molecule has 2 rings (SSSR count). The first kappa shape index (κ1) is 13.4. The minimum absolute atomic E-state index is 0.0427. The van der Waals surface area contributed by atoms with Crippen molar-refractivity contribution in [2.75, 3.05) is 7.11 Å². The standard InChI is InChI=1S/C12H9BrN2O4/c1-18-15-12(17)19-11(16)10-5-7-2-3-9(13)4-8(7)6-14-10/h2-6H,1H3,(H,15,17). The molecule has 0 fully saturated rings. The molecule has 0 spiro atoms. The van der Waals surface area contributed by atoms with E-state index in [-0.39, 0.29) is 5.69 Å². The Morgan fingerprint density at radius 1 is 1.26 bits per heavy atom. The molecule has 0 atom stereocenters. The Morgan fingerprint density at radius 2 is 2.05 bits per heavy atom. The van der Waals surface area contributed by atoms with Crippen LogP contribution < -0.4 is 5.48 Å². The van der Waals surface area contributed by atoms with Crippen LogP contribution in [0.4, 0.5) is 4.79 Å². The number of hydrogen-bond acceptors (Lipinski definition) is 5. The molecule has 1 aromatic carbocycles. The van der Waals surface area contributed by atoms with Crippen LogP contribution in [0.25, 0.3) is 10.8 Å². The van der Waals surface area contributed by atoms with Crippen LogP contribution in [0.2, 0.25) is 0 Å². The summed E-state index contributed by atoms with van der Waals surface area (Å²) < 4.78 is 5.38. The van der Waals surface area contributed by atoms with Gasteiger partial charge in [-0.1, -0.05) is 22.0 Å². The first-order chi connectivity index (χ1) is 9.10. The van der Waals surface area contributed by atoms with Crippen molar-refractivity contribution in [3.63, 3.8) is 0 Å². The van der Waals surface area contributed by atoms with E-state index >= 15 is 0 Å². The topological polar surface area (TPSA) is 77.5 Å². The van der Waals surface area contributed by atoms with Gasteiger partial charge in [0.15, 0.2) is 0 Å². The molecule has 2 aromatic rings. The van der Waals surface area contributed by atoms with Crippen molar-refractivity contribution < 1.29 is 19.2 Å². The maximum absolute atomic E-state index is 11.6. The number of benzene rings is 1. The summed E-state index contributed by atoms with van der Waals surface area (Å²) in [7, 11) is 1.23. The van der Waals surface area contributed by atoms with Crippen LogP contribution in [0.15, 0.2) is 34.9 Å². The van der Waals surface area contributed by atoms with Crippen LogP contribution in [0.5, 0.6) is 0 Å². The van der Waals surface area contributed by atoms with Gasteiger partial charge in [0.05, 0.1) is 7.11 Å². The molecule has 0 unspecified atom stereocenters. The molecule has 1 amide bonds. The van der Waals surface area contributed by atoms with Gasteiger partial charge in [-0.2, -0.15) is 5.48 Å². The number of aromatic nitrogens is 1.